The second-order valence-corrected chi connectivity index (χ2v) is 6.19. The molecule has 1 aliphatic carbocycles. The predicted octanol–water partition coefficient (Wildman–Crippen LogP) is 3.57. The van der Waals surface area contributed by atoms with Crippen LogP contribution in [0.3, 0.4) is 0 Å². The lowest BCUT2D eigenvalue weighted by Crippen LogP contribution is -2.38. The fraction of sp³-hybridized carbons (Fsp3) is 0.421. The van der Waals surface area contributed by atoms with E-state index in [-0.39, 0.29) is 0 Å². The van der Waals surface area contributed by atoms with Crippen LogP contribution in [0.1, 0.15) is 18.4 Å². The summed E-state index contributed by atoms with van der Waals surface area (Å²) in [6.07, 6.45) is 7.41. The Labute approximate surface area is 132 Å². The molecule has 0 amide bonds. The molecule has 3 nitrogen and oxygen atoms in total. The number of hydrogen-bond donors (Lipinski definition) is 1. The first-order valence-corrected chi connectivity index (χ1v) is 8.01. The van der Waals surface area contributed by atoms with Crippen LogP contribution in [0.4, 0.5) is 0 Å². The minimum Gasteiger partial charge on any atom is -0.497 e. The quantitative estimate of drug-likeness (QED) is 0.829. The first-order chi connectivity index (χ1) is 10.8. The van der Waals surface area contributed by atoms with Crippen LogP contribution in [0.25, 0.3) is 10.9 Å². The Bertz CT molecular complexity index is 668. The highest BCUT2D eigenvalue weighted by molar-refractivity contribution is 5.83. The molecule has 3 rings (SSSR count). The summed E-state index contributed by atoms with van der Waals surface area (Å²) in [5, 5.41) is 1.20. The highest BCUT2D eigenvalue weighted by atomic mass is 16.5. The van der Waals surface area contributed by atoms with Crippen molar-refractivity contribution in [2.75, 3.05) is 13.7 Å². The highest BCUT2D eigenvalue weighted by Crippen LogP contribution is 2.45. The molecule has 3 heteroatoms. The average Bonchev–Trinajstić information content (AvgIpc) is 2.55. The van der Waals surface area contributed by atoms with Crippen molar-refractivity contribution in [3.63, 3.8) is 0 Å². The van der Waals surface area contributed by atoms with Gasteiger partial charge < -0.3 is 10.5 Å². The maximum absolute atomic E-state index is 5.78. The second kappa shape index (κ2) is 6.49. The third-order valence-electron chi connectivity index (χ3n) is 5.05. The van der Waals surface area contributed by atoms with E-state index in [0.717, 1.165) is 30.7 Å². The van der Waals surface area contributed by atoms with Gasteiger partial charge in [0.15, 0.2) is 0 Å². The largest absolute Gasteiger partial charge is 0.497 e. The lowest BCUT2D eigenvalue weighted by atomic mass is 9.61. The molecule has 1 saturated carbocycles. The lowest BCUT2D eigenvalue weighted by molar-refractivity contribution is 0.102. The molecule has 0 spiro atoms. The molecule has 1 aromatic heterocycles. The standard InChI is InChI=1S/C19H24N2O/c1-3-13-10-15(17(13)6-8-20)11-14-7-9-21-19-5-4-16(22-2)12-18(14)19/h3-5,7,9,12-13,15,17H,1,6,8,10-11,20H2,2H3. The van der Waals surface area contributed by atoms with Crippen LogP contribution in [-0.2, 0) is 6.42 Å². The molecule has 2 N–H and O–H groups in total. The van der Waals surface area contributed by atoms with Gasteiger partial charge in [0.05, 0.1) is 12.6 Å². The van der Waals surface area contributed by atoms with Crippen LogP contribution < -0.4 is 10.5 Å². The topological polar surface area (TPSA) is 48.1 Å². The molecule has 0 radical (unpaired) electrons. The van der Waals surface area contributed by atoms with Crippen molar-refractivity contribution >= 4 is 10.9 Å². The van der Waals surface area contributed by atoms with Crippen LogP contribution in [0.2, 0.25) is 0 Å². The highest BCUT2D eigenvalue weighted by Gasteiger charge is 2.38. The van der Waals surface area contributed by atoms with E-state index >= 15 is 0 Å². The first kappa shape index (κ1) is 15.0. The number of aromatic nitrogens is 1. The summed E-state index contributed by atoms with van der Waals surface area (Å²) in [7, 11) is 1.70. The Morgan fingerprint density at radius 2 is 2.27 bits per heavy atom. The number of fused-ring (bicyclic) bond motifs is 1. The van der Waals surface area contributed by atoms with Gasteiger partial charge in [-0.1, -0.05) is 6.08 Å². The minimum absolute atomic E-state index is 0.635. The van der Waals surface area contributed by atoms with Crippen molar-refractivity contribution in [3.05, 3.63) is 48.7 Å². The summed E-state index contributed by atoms with van der Waals surface area (Å²) in [4.78, 5) is 4.46. The molecular formula is C19H24N2O. The maximum atomic E-state index is 5.78. The number of methoxy groups -OCH3 is 1. The van der Waals surface area contributed by atoms with Crippen LogP contribution >= 0.6 is 0 Å². The number of ether oxygens (including phenoxy) is 1. The Hall–Kier alpha value is -1.87. The normalized spacial score (nSPS) is 24.0. The third kappa shape index (κ3) is 2.73. The zero-order chi connectivity index (χ0) is 15.5. The van der Waals surface area contributed by atoms with Crippen molar-refractivity contribution in [1.29, 1.82) is 0 Å². The van der Waals surface area contributed by atoms with Gasteiger partial charge in [0.25, 0.3) is 0 Å². The molecule has 0 bridgehead atoms. The molecule has 22 heavy (non-hydrogen) atoms. The summed E-state index contributed by atoms with van der Waals surface area (Å²) < 4.78 is 5.36. The summed E-state index contributed by atoms with van der Waals surface area (Å²) in [5.41, 5.74) is 8.17. The third-order valence-corrected chi connectivity index (χ3v) is 5.05. The van der Waals surface area contributed by atoms with Gasteiger partial charge in [0.2, 0.25) is 0 Å². The van der Waals surface area contributed by atoms with E-state index in [4.69, 9.17) is 10.5 Å². The van der Waals surface area contributed by atoms with Crippen molar-refractivity contribution in [1.82, 2.24) is 4.98 Å². The van der Waals surface area contributed by atoms with Gasteiger partial charge in [-0.25, -0.2) is 0 Å². The van der Waals surface area contributed by atoms with Crippen molar-refractivity contribution in [3.8, 4) is 5.75 Å². The zero-order valence-electron chi connectivity index (χ0n) is 13.2. The van der Waals surface area contributed by atoms with Gasteiger partial charge in [0.1, 0.15) is 5.75 Å². The summed E-state index contributed by atoms with van der Waals surface area (Å²) in [6, 6.07) is 8.23. The molecule has 0 aliphatic heterocycles. The molecule has 1 aliphatic rings. The molecule has 0 saturated heterocycles. The number of pyridine rings is 1. The molecule has 1 aromatic carbocycles. The van der Waals surface area contributed by atoms with Gasteiger partial charge in [-0.05, 0) is 73.4 Å². The second-order valence-electron chi connectivity index (χ2n) is 6.19. The van der Waals surface area contributed by atoms with Gasteiger partial charge in [-0.3, -0.25) is 4.98 Å². The Morgan fingerprint density at radius 1 is 1.41 bits per heavy atom. The van der Waals surface area contributed by atoms with E-state index in [1.807, 2.05) is 18.3 Å². The Kier molecular flexibility index (Phi) is 4.44. The van der Waals surface area contributed by atoms with Crippen LogP contribution in [0.5, 0.6) is 5.75 Å². The molecule has 3 atom stereocenters. The summed E-state index contributed by atoms with van der Waals surface area (Å²) in [6.45, 7) is 4.72. The number of nitrogens with two attached hydrogens (primary N) is 1. The molecule has 1 fully saturated rings. The molecule has 1 heterocycles. The Balaban J connectivity index is 1.86. The Morgan fingerprint density at radius 3 is 3.00 bits per heavy atom. The SMILES string of the molecule is C=CC1CC(Cc2ccnc3ccc(OC)cc23)C1CCN. The number of nitrogens with zero attached hydrogens (tertiary/aromatic N) is 1. The number of rotatable bonds is 6. The summed E-state index contributed by atoms with van der Waals surface area (Å²) >= 11 is 0. The average molecular weight is 296 g/mol. The molecule has 3 unspecified atom stereocenters. The molecule has 116 valence electrons. The van der Waals surface area contributed by atoms with E-state index in [0.29, 0.717) is 17.8 Å². The number of benzene rings is 1. The van der Waals surface area contributed by atoms with E-state index in [1.54, 1.807) is 7.11 Å². The van der Waals surface area contributed by atoms with Crippen LogP contribution in [0, 0.1) is 17.8 Å². The van der Waals surface area contributed by atoms with E-state index in [1.165, 1.54) is 17.4 Å². The van der Waals surface area contributed by atoms with E-state index < -0.39 is 0 Å². The number of allylic oxidation sites excluding steroid dienone is 1. The fourth-order valence-corrected chi connectivity index (χ4v) is 3.77. The number of hydrogen-bond acceptors (Lipinski definition) is 3. The summed E-state index contributed by atoms with van der Waals surface area (Å²) in [5.74, 6) is 2.90. The molecule has 2 aromatic rings. The van der Waals surface area contributed by atoms with E-state index in [2.05, 4.69) is 29.8 Å². The van der Waals surface area contributed by atoms with Gasteiger partial charge in [-0.15, -0.1) is 6.58 Å². The maximum Gasteiger partial charge on any atom is 0.119 e. The van der Waals surface area contributed by atoms with E-state index in [9.17, 15) is 0 Å². The van der Waals surface area contributed by atoms with Crippen LogP contribution in [-0.4, -0.2) is 18.6 Å². The predicted molar refractivity (Wildman–Crippen MR) is 91.0 cm³/mol. The van der Waals surface area contributed by atoms with Crippen LogP contribution in [0.15, 0.2) is 43.1 Å². The fourth-order valence-electron chi connectivity index (χ4n) is 3.77. The minimum atomic E-state index is 0.635. The monoisotopic (exact) mass is 296 g/mol. The lowest BCUT2D eigenvalue weighted by Gasteiger charge is -2.44. The van der Waals surface area contributed by atoms with Gasteiger partial charge in [-0.2, -0.15) is 0 Å². The van der Waals surface area contributed by atoms with Crippen molar-refractivity contribution < 1.29 is 4.74 Å². The zero-order valence-corrected chi connectivity index (χ0v) is 13.2. The first-order valence-electron chi connectivity index (χ1n) is 8.01. The molecular weight excluding hydrogens is 272 g/mol. The smallest absolute Gasteiger partial charge is 0.119 e. The van der Waals surface area contributed by atoms with Gasteiger partial charge in [0, 0.05) is 11.6 Å². The van der Waals surface area contributed by atoms with Crippen molar-refractivity contribution in [2.45, 2.75) is 19.3 Å². The van der Waals surface area contributed by atoms with Crippen molar-refractivity contribution in [2.24, 2.45) is 23.5 Å². The van der Waals surface area contributed by atoms with Gasteiger partial charge >= 0.3 is 0 Å².